The third-order valence-electron chi connectivity index (χ3n) is 6.96. The first kappa shape index (κ1) is 23.9. The monoisotopic (exact) mass is 488 g/mol. The van der Waals surface area contributed by atoms with Crippen molar-refractivity contribution in [2.75, 3.05) is 25.2 Å². The van der Waals surface area contributed by atoms with Gasteiger partial charge in [-0.1, -0.05) is 18.2 Å². The lowest BCUT2D eigenvalue weighted by atomic mass is 9.95. The fourth-order valence-electron chi connectivity index (χ4n) is 4.97. The van der Waals surface area contributed by atoms with Crippen LogP contribution in [0, 0.1) is 5.82 Å². The molecule has 1 atom stereocenters. The van der Waals surface area contributed by atoms with E-state index in [0.29, 0.717) is 29.1 Å². The van der Waals surface area contributed by atoms with Crippen LogP contribution in [0.4, 0.5) is 10.2 Å². The van der Waals surface area contributed by atoms with Gasteiger partial charge in [0.1, 0.15) is 11.6 Å². The van der Waals surface area contributed by atoms with E-state index in [2.05, 4.69) is 20.2 Å². The number of fused-ring (bicyclic) bond motifs is 2. The van der Waals surface area contributed by atoms with Crippen LogP contribution in [-0.4, -0.2) is 42.2 Å². The van der Waals surface area contributed by atoms with Crippen molar-refractivity contribution in [2.45, 2.75) is 38.3 Å². The zero-order valence-electron chi connectivity index (χ0n) is 20.6. The highest BCUT2D eigenvalue weighted by Crippen LogP contribution is 2.27. The number of aromatic amines is 1. The van der Waals surface area contributed by atoms with Gasteiger partial charge in [0.25, 0.3) is 5.91 Å². The number of pyridine rings is 2. The van der Waals surface area contributed by atoms with Gasteiger partial charge in [-0.2, -0.15) is 0 Å². The Morgan fingerprint density at radius 2 is 2.00 bits per heavy atom. The molecule has 0 bridgehead atoms. The van der Waals surface area contributed by atoms with E-state index in [4.69, 9.17) is 4.74 Å². The van der Waals surface area contributed by atoms with Gasteiger partial charge in [0.15, 0.2) is 5.43 Å². The fraction of sp³-hybridized carbons (Fsp3) is 0.321. The molecule has 0 unspecified atom stereocenters. The normalized spacial score (nSPS) is 16.1. The number of para-hydroxylation sites is 1. The van der Waals surface area contributed by atoms with Crippen LogP contribution in [0.1, 0.15) is 42.6 Å². The van der Waals surface area contributed by atoms with Crippen molar-refractivity contribution in [3.05, 3.63) is 81.9 Å². The van der Waals surface area contributed by atoms with Crippen LogP contribution in [0.2, 0.25) is 0 Å². The Morgan fingerprint density at radius 1 is 1.19 bits per heavy atom. The molecule has 1 amide bonds. The summed E-state index contributed by atoms with van der Waals surface area (Å²) in [7, 11) is 1.70. The van der Waals surface area contributed by atoms with Crippen LogP contribution in [-0.2, 0) is 10.3 Å². The second-order valence-corrected chi connectivity index (χ2v) is 9.81. The number of hydrogen-bond acceptors (Lipinski definition) is 5. The van der Waals surface area contributed by atoms with Gasteiger partial charge in [-0.3, -0.25) is 9.59 Å². The summed E-state index contributed by atoms with van der Waals surface area (Å²) in [6, 6.07) is 13.8. The number of hydrogen-bond donors (Lipinski definition) is 2. The van der Waals surface area contributed by atoms with E-state index in [1.54, 1.807) is 31.5 Å². The Hall–Kier alpha value is -3.78. The molecule has 4 aromatic rings. The lowest BCUT2D eigenvalue weighted by Gasteiger charge is -2.29. The Bertz CT molecular complexity index is 1500. The number of amides is 1. The summed E-state index contributed by atoms with van der Waals surface area (Å²) in [5.41, 5.74) is 0.615. The maximum Gasteiger partial charge on any atom is 0.255 e. The molecule has 2 N–H and O–H groups in total. The molecule has 2 aromatic heterocycles. The number of nitrogens with zero attached hydrogens (tertiary/aromatic N) is 2. The Balaban J connectivity index is 1.40. The lowest BCUT2D eigenvalue weighted by molar-refractivity contribution is 0.0908. The number of nitrogens with one attached hydrogen (secondary N) is 2. The molecule has 0 aliphatic carbocycles. The van der Waals surface area contributed by atoms with Crippen molar-refractivity contribution >= 4 is 33.5 Å². The number of carbonyl (C=O) groups is 1. The summed E-state index contributed by atoms with van der Waals surface area (Å²) in [6.07, 6.45) is 3.91. The largest absolute Gasteiger partial charge is 0.383 e. The van der Waals surface area contributed by atoms with E-state index in [1.807, 2.05) is 32.0 Å². The molecule has 0 saturated carbocycles. The maximum atomic E-state index is 15.0. The first-order valence-electron chi connectivity index (χ1n) is 12.1. The van der Waals surface area contributed by atoms with Crippen molar-refractivity contribution in [1.29, 1.82) is 0 Å². The minimum atomic E-state index is -0.808. The second kappa shape index (κ2) is 9.35. The molecule has 36 heavy (non-hydrogen) atoms. The van der Waals surface area contributed by atoms with E-state index >= 15 is 4.39 Å². The number of aromatic nitrogens is 2. The van der Waals surface area contributed by atoms with Gasteiger partial charge in [-0.15, -0.1) is 0 Å². The van der Waals surface area contributed by atoms with Gasteiger partial charge >= 0.3 is 0 Å². The quantitative estimate of drug-likeness (QED) is 0.391. The summed E-state index contributed by atoms with van der Waals surface area (Å²) in [6.45, 7) is 5.28. The van der Waals surface area contributed by atoms with Crippen molar-refractivity contribution in [2.24, 2.45) is 0 Å². The minimum absolute atomic E-state index is 0.134. The lowest BCUT2D eigenvalue weighted by Crippen LogP contribution is -2.41. The Labute approximate surface area is 208 Å². The van der Waals surface area contributed by atoms with Crippen LogP contribution in [0.3, 0.4) is 0 Å². The van der Waals surface area contributed by atoms with Crippen molar-refractivity contribution in [3.8, 4) is 0 Å². The summed E-state index contributed by atoms with van der Waals surface area (Å²) in [4.78, 5) is 36.0. The summed E-state index contributed by atoms with van der Waals surface area (Å²) in [5.74, 6) is -0.447. The number of carbonyl (C=O) groups excluding carboxylic acids is 1. The first-order chi connectivity index (χ1) is 17.3. The first-order valence-corrected chi connectivity index (χ1v) is 12.1. The number of halogens is 1. The third-order valence-corrected chi connectivity index (χ3v) is 6.96. The topological polar surface area (TPSA) is 87.3 Å². The number of benzene rings is 2. The number of rotatable bonds is 6. The van der Waals surface area contributed by atoms with Crippen LogP contribution in [0.25, 0.3) is 21.8 Å². The third kappa shape index (κ3) is 4.33. The fourth-order valence-corrected chi connectivity index (χ4v) is 4.97. The molecular weight excluding hydrogens is 459 g/mol. The van der Waals surface area contributed by atoms with Gasteiger partial charge in [0.05, 0.1) is 29.3 Å². The number of H-pyrrole nitrogens is 1. The van der Waals surface area contributed by atoms with Crippen molar-refractivity contribution in [1.82, 2.24) is 15.3 Å². The minimum Gasteiger partial charge on any atom is -0.383 e. The molecule has 1 aliphatic heterocycles. The van der Waals surface area contributed by atoms with E-state index in [0.717, 1.165) is 36.8 Å². The van der Waals surface area contributed by atoms with E-state index in [1.165, 1.54) is 6.07 Å². The molecule has 3 heterocycles. The predicted molar refractivity (Wildman–Crippen MR) is 139 cm³/mol. The highest BCUT2D eigenvalue weighted by Gasteiger charge is 2.28. The second-order valence-electron chi connectivity index (χ2n) is 9.81. The molecule has 0 spiro atoms. The van der Waals surface area contributed by atoms with Gasteiger partial charge in [0, 0.05) is 36.1 Å². The zero-order chi connectivity index (χ0) is 25.4. The highest BCUT2D eigenvalue weighted by molar-refractivity contribution is 6.00. The van der Waals surface area contributed by atoms with Crippen LogP contribution in [0.5, 0.6) is 0 Å². The van der Waals surface area contributed by atoms with E-state index < -0.39 is 17.3 Å². The van der Waals surface area contributed by atoms with Crippen molar-refractivity contribution in [3.63, 3.8) is 0 Å². The summed E-state index contributed by atoms with van der Waals surface area (Å²) < 4.78 is 20.3. The predicted octanol–water partition coefficient (Wildman–Crippen LogP) is 4.50. The number of ether oxygens (including phenoxy) is 1. The van der Waals surface area contributed by atoms with Crippen LogP contribution in [0.15, 0.2) is 59.5 Å². The zero-order valence-corrected chi connectivity index (χ0v) is 20.6. The molecule has 0 radical (unpaired) electrons. The molecule has 5 rings (SSSR count). The maximum absolute atomic E-state index is 15.0. The Morgan fingerprint density at radius 3 is 2.75 bits per heavy atom. The number of methoxy groups -OCH3 is 1. The molecule has 1 saturated heterocycles. The Kier molecular flexibility index (Phi) is 6.22. The molecule has 2 aromatic carbocycles. The van der Waals surface area contributed by atoms with Crippen LogP contribution < -0.4 is 15.6 Å². The van der Waals surface area contributed by atoms with E-state index in [-0.39, 0.29) is 16.4 Å². The van der Waals surface area contributed by atoms with Crippen molar-refractivity contribution < 1.29 is 13.9 Å². The van der Waals surface area contributed by atoms with Crippen LogP contribution >= 0.6 is 0 Å². The summed E-state index contributed by atoms with van der Waals surface area (Å²) in [5, 5.41) is 3.60. The standard InChI is InChI=1S/C28H29FN4O3/c1-28(2,17-10-11-25(30-15-17)33-12-6-7-18(33)16-36-3)32-27(35)20-14-24-21(13-22(20)29)26(34)19-8-4-5-9-23(19)31-24/h4-5,8-11,13-15,18H,6-7,12,16H2,1-3H3,(H,31,34)(H,32,35)/t18-/m0/s1. The van der Waals surface area contributed by atoms with Gasteiger partial charge in [0.2, 0.25) is 0 Å². The molecule has 7 nitrogen and oxygen atoms in total. The number of anilines is 1. The van der Waals surface area contributed by atoms with Gasteiger partial charge in [-0.25, -0.2) is 9.37 Å². The SMILES string of the molecule is COC[C@@H]1CCCN1c1ccc(C(C)(C)NC(=O)c2cc3[nH]c4ccccc4c(=O)c3cc2F)cn1. The van der Waals surface area contributed by atoms with E-state index in [9.17, 15) is 9.59 Å². The van der Waals surface area contributed by atoms with Gasteiger partial charge in [-0.05, 0) is 62.6 Å². The molecular formula is C28H29FN4O3. The molecule has 1 fully saturated rings. The molecule has 8 heteroatoms. The molecule has 186 valence electrons. The summed E-state index contributed by atoms with van der Waals surface area (Å²) >= 11 is 0. The average molecular weight is 489 g/mol. The van der Waals surface area contributed by atoms with Gasteiger partial charge < -0.3 is 19.9 Å². The smallest absolute Gasteiger partial charge is 0.255 e. The average Bonchev–Trinajstić information content (AvgIpc) is 3.33. The molecule has 1 aliphatic rings. The highest BCUT2D eigenvalue weighted by atomic mass is 19.1.